The average molecular weight is 209 g/mol. The van der Waals surface area contributed by atoms with Crippen molar-refractivity contribution in [1.29, 1.82) is 0 Å². The zero-order chi connectivity index (χ0) is 10.7. The molecule has 0 saturated carbocycles. The summed E-state index contributed by atoms with van der Waals surface area (Å²) in [4.78, 5) is 4.31. The molecule has 1 N–H and O–H groups in total. The summed E-state index contributed by atoms with van der Waals surface area (Å²) in [5.74, 6) is 1.61. The number of imidazole rings is 1. The maximum atomic E-state index is 5.34. The Balaban J connectivity index is 1.89. The van der Waals surface area contributed by atoms with Crippen molar-refractivity contribution >= 4 is 5.95 Å². The summed E-state index contributed by atoms with van der Waals surface area (Å²) < 4.78 is 7.49. The van der Waals surface area contributed by atoms with Gasteiger partial charge in [0.05, 0.1) is 6.61 Å². The van der Waals surface area contributed by atoms with Gasteiger partial charge in [-0.25, -0.2) is 4.98 Å². The smallest absolute Gasteiger partial charge is 0.203 e. The van der Waals surface area contributed by atoms with E-state index in [1.54, 1.807) is 0 Å². The third kappa shape index (κ3) is 2.50. The molecule has 1 fully saturated rings. The maximum absolute atomic E-state index is 5.34. The second kappa shape index (κ2) is 4.66. The SMILES string of the molecule is CC(C)n1ccnc1NCC1CCOC1. The minimum atomic E-state index is 0.454. The fourth-order valence-corrected chi connectivity index (χ4v) is 1.85. The number of rotatable bonds is 4. The first kappa shape index (κ1) is 10.5. The largest absolute Gasteiger partial charge is 0.381 e. The minimum Gasteiger partial charge on any atom is -0.381 e. The van der Waals surface area contributed by atoms with Gasteiger partial charge < -0.3 is 14.6 Å². The van der Waals surface area contributed by atoms with E-state index in [1.807, 2.05) is 12.4 Å². The quantitative estimate of drug-likeness (QED) is 0.823. The van der Waals surface area contributed by atoms with Crippen LogP contribution in [0.3, 0.4) is 0 Å². The molecule has 1 atom stereocenters. The molecule has 4 nitrogen and oxygen atoms in total. The molecular weight excluding hydrogens is 190 g/mol. The fourth-order valence-electron chi connectivity index (χ4n) is 1.85. The predicted molar refractivity (Wildman–Crippen MR) is 60.0 cm³/mol. The van der Waals surface area contributed by atoms with E-state index >= 15 is 0 Å². The standard InChI is InChI=1S/C11H19N3O/c1-9(2)14-5-4-12-11(14)13-7-10-3-6-15-8-10/h4-5,9-10H,3,6-8H2,1-2H3,(H,12,13). The molecule has 1 aliphatic rings. The predicted octanol–water partition coefficient (Wildman–Crippen LogP) is 1.91. The summed E-state index contributed by atoms with van der Waals surface area (Å²) in [6, 6.07) is 0.454. The molecule has 1 saturated heterocycles. The van der Waals surface area contributed by atoms with E-state index in [2.05, 4.69) is 28.7 Å². The number of nitrogens with zero attached hydrogens (tertiary/aromatic N) is 2. The fraction of sp³-hybridized carbons (Fsp3) is 0.727. The van der Waals surface area contributed by atoms with Crippen LogP contribution in [0.2, 0.25) is 0 Å². The van der Waals surface area contributed by atoms with Crippen LogP contribution in [0, 0.1) is 5.92 Å². The van der Waals surface area contributed by atoms with Gasteiger partial charge in [0.1, 0.15) is 0 Å². The van der Waals surface area contributed by atoms with Crippen LogP contribution in [0.1, 0.15) is 26.3 Å². The number of anilines is 1. The van der Waals surface area contributed by atoms with Crippen LogP contribution in [-0.2, 0) is 4.74 Å². The van der Waals surface area contributed by atoms with Crippen LogP contribution >= 0.6 is 0 Å². The molecule has 1 aliphatic heterocycles. The lowest BCUT2D eigenvalue weighted by Gasteiger charge is -2.14. The van der Waals surface area contributed by atoms with E-state index in [-0.39, 0.29) is 0 Å². The van der Waals surface area contributed by atoms with Crippen molar-refractivity contribution in [2.24, 2.45) is 5.92 Å². The van der Waals surface area contributed by atoms with E-state index < -0.39 is 0 Å². The Morgan fingerprint density at radius 3 is 3.20 bits per heavy atom. The Labute approximate surface area is 90.6 Å². The highest BCUT2D eigenvalue weighted by atomic mass is 16.5. The summed E-state index contributed by atoms with van der Waals surface area (Å²) >= 11 is 0. The van der Waals surface area contributed by atoms with Crippen molar-refractivity contribution < 1.29 is 4.74 Å². The first-order valence-electron chi connectivity index (χ1n) is 5.62. The molecule has 1 aromatic heterocycles. The van der Waals surface area contributed by atoms with E-state index in [1.165, 1.54) is 0 Å². The molecule has 1 aromatic rings. The Bertz CT molecular complexity index is 303. The van der Waals surface area contributed by atoms with Crippen molar-refractivity contribution in [1.82, 2.24) is 9.55 Å². The highest BCUT2D eigenvalue weighted by Crippen LogP contribution is 2.16. The van der Waals surface area contributed by atoms with Crippen LogP contribution in [0.5, 0.6) is 0 Å². The second-order valence-corrected chi connectivity index (χ2v) is 4.36. The van der Waals surface area contributed by atoms with Gasteiger partial charge >= 0.3 is 0 Å². The van der Waals surface area contributed by atoms with Gasteiger partial charge in [-0.05, 0) is 20.3 Å². The van der Waals surface area contributed by atoms with Crippen LogP contribution < -0.4 is 5.32 Å². The molecule has 0 aromatic carbocycles. The number of nitrogens with one attached hydrogen (secondary N) is 1. The monoisotopic (exact) mass is 209 g/mol. The third-order valence-electron chi connectivity index (χ3n) is 2.80. The Morgan fingerprint density at radius 2 is 2.53 bits per heavy atom. The van der Waals surface area contributed by atoms with Gasteiger partial charge in [-0.2, -0.15) is 0 Å². The molecule has 15 heavy (non-hydrogen) atoms. The Hall–Kier alpha value is -1.03. The first-order chi connectivity index (χ1) is 7.27. The zero-order valence-corrected chi connectivity index (χ0v) is 9.44. The molecule has 2 rings (SSSR count). The zero-order valence-electron chi connectivity index (χ0n) is 9.44. The summed E-state index contributed by atoms with van der Waals surface area (Å²) in [5, 5.41) is 3.39. The number of hydrogen-bond donors (Lipinski definition) is 1. The lowest BCUT2D eigenvalue weighted by Crippen LogP contribution is -2.17. The van der Waals surface area contributed by atoms with Crippen molar-refractivity contribution in [3.05, 3.63) is 12.4 Å². The number of hydrogen-bond acceptors (Lipinski definition) is 3. The van der Waals surface area contributed by atoms with Gasteiger partial charge in [-0.3, -0.25) is 0 Å². The van der Waals surface area contributed by atoms with Crippen molar-refractivity contribution in [3.8, 4) is 0 Å². The summed E-state index contributed by atoms with van der Waals surface area (Å²) in [6.07, 6.45) is 5.01. The van der Waals surface area contributed by atoms with Gasteiger partial charge in [0.25, 0.3) is 0 Å². The van der Waals surface area contributed by atoms with E-state index in [9.17, 15) is 0 Å². The van der Waals surface area contributed by atoms with E-state index in [4.69, 9.17) is 4.74 Å². The number of aromatic nitrogens is 2. The van der Waals surface area contributed by atoms with Gasteiger partial charge in [0.2, 0.25) is 5.95 Å². The van der Waals surface area contributed by atoms with Crippen molar-refractivity contribution in [3.63, 3.8) is 0 Å². The first-order valence-corrected chi connectivity index (χ1v) is 5.62. The van der Waals surface area contributed by atoms with Crippen LogP contribution in [0.15, 0.2) is 12.4 Å². The molecule has 2 heterocycles. The second-order valence-electron chi connectivity index (χ2n) is 4.36. The molecule has 84 valence electrons. The lowest BCUT2D eigenvalue weighted by molar-refractivity contribution is 0.187. The topological polar surface area (TPSA) is 39.1 Å². The molecule has 0 radical (unpaired) electrons. The van der Waals surface area contributed by atoms with Gasteiger partial charge in [-0.15, -0.1) is 0 Å². The van der Waals surface area contributed by atoms with Gasteiger partial charge in [-0.1, -0.05) is 0 Å². The maximum Gasteiger partial charge on any atom is 0.203 e. The van der Waals surface area contributed by atoms with Crippen LogP contribution in [-0.4, -0.2) is 29.3 Å². The van der Waals surface area contributed by atoms with Crippen LogP contribution in [0.25, 0.3) is 0 Å². The van der Waals surface area contributed by atoms with Crippen molar-refractivity contribution in [2.75, 3.05) is 25.1 Å². The summed E-state index contributed by atoms with van der Waals surface area (Å²) in [5.41, 5.74) is 0. The third-order valence-corrected chi connectivity index (χ3v) is 2.80. The molecule has 0 bridgehead atoms. The van der Waals surface area contributed by atoms with Gasteiger partial charge in [0, 0.05) is 37.5 Å². The van der Waals surface area contributed by atoms with E-state index in [0.717, 1.165) is 32.1 Å². The van der Waals surface area contributed by atoms with Crippen LogP contribution in [0.4, 0.5) is 5.95 Å². The molecule has 0 spiro atoms. The molecule has 0 aliphatic carbocycles. The lowest BCUT2D eigenvalue weighted by atomic mass is 10.1. The minimum absolute atomic E-state index is 0.454. The van der Waals surface area contributed by atoms with Gasteiger partial charge in [0.15, 0.2) is 0 Å². The van der Waals surface area contributed by atoms with E-state index in [0.29, 0.717) is 12.0 Å². The Kier molecular flexibility index (Phi) is 3.26. The highest BCUT2D eigenvalue weighted by molar-refractivity contribution is 5.26. The highest BCUT2D eigenvalue weighted by Gasteiger charge is 2.16. The molecule has 1 unspecified atom stereocenters. The normalized spacial score (nSPS) is 21.1. The number of ether oxygens (including phenoxy) is 1. The molecular formula is C11H19N3O. The summed E-state index contributed by atoms with van der Waals surface area (Å²) in [6.45, 7) is 7.07. The average Bonchev–Trinajstić information content (AvgIpc) is 2.86. The molecule has 0 amide bonds. The van der Waals surface area contributed by atoms with Crippen molar-refractivity contribution in [2.45, 2.75) is 26.3 Å². The Morgan fingerprint density at radius 1 is 1.67 bits per heavy atom. The molecule has 4 heteroatoms. The summed E-state index contributed by atoms with van der Waals surface area (Å²) in [7, 11) is 0.